The van der Waals surface area contributed by atoms with E-state index < -0.39 is 0 Å². The van der Waals surface area contributed by atoms with E-state index in [9.17, 15) is 14.4 Å². The highest BCUT2D eigenvalue weighted by Crippen LogP contribution is 2.26. The van der Waals surface area contributed by atoms with Crippen molar-refractivity contribution in [3.63, 3.8) is 0 Å². The summed E-state index contributed by atoms with van der Waals surface area (Å²) < 4.78 is 10.7. The maximum Gasteiger partial charge on any atom is 0.227 e. The van der Waals surface area contributed by atoms with E-state index in [2.05, 4.69) is 22.5 Å². The first-order valence-corrected chi connectivity index (χ1v) is 11.7. The number of anilines is 1. The first-order chi connectivity index (χ1) is 17.0. The van der Waals surface area contributed by atoms with Crippen molar-refractivity contribution in [1.29, 1.82) is 0 Å². The van der Waals surface area contributed by atoms with Crippen LogP contribution in [0, 0.1) is 11.8 Å². The minimum absolute atomic E-state index is 0.0892. The standard InChI is InChI=1S/C27H31N3O5/c1-21(31)28-14-16-34-18-19-35-17-15-29-26(32)12-13-27(33)30-20-24-8-3-2-6-22(24)10-11-23-7-4-5-9-25(23)30/h2-9H,12-20H2,1H3,(H,28,31)(H,29,32). The van der Waals surface area contributed by atoms with E-state index >= 15 is 0 Å². The Bertz CT molecular complexity index is 1090. The van der Waals surface area contributed by atoms with Crippen LogP contribution in [0.4, 0.5) is 5.69 Å². The first kappa shape index (κ1) is 25.9. The van der Waals surface area contributed by atoms with Gasteiger partial charge in [0.05, 0.1) is 38.7 Å². The van der Waals surface area contributed by atoms with Gasteiger partial charge >= 0.3 is 0 Å². The summed E-state index contributed by atoms with van der Waals surface area (Å²) in [7, 11) is 0. The number of carbonyl (C=O) groups excluding carboxylic acids is 3. The van der Waals surface area contributed by atoms with Gasteiger partial charge in [0.2, 0.25) is 17.7 Å². The number of nitrogens with one attached hydrogen (secondary N) is 2. The second-order valence-electron chi connectivity index (χ2n) is 7.96. The van der Waals surface area contributed by atoms with E-state index in [1.807, 2.05) is 48.5 Å². The highest BCUT2D eigenvalue weighted by molar-refractivity contribution is 5.96. The van der Waals surface area contributed by atoms with Crippen LogP contribution in [-0.2, 0) is 30.4 Å². The van der Waals surface area contributed by atoms with Crippen molar-refractivity contribution >= 4 is 23.4 Å². The molecule has 0 bridgehead atoms. The number of benzene rings is 2. The molecule has 0 fully saturated rings. The molecule has 3 amide bonds. The van der Waals surface area contributed by atoms with E-state index in [0.29, 0.717) is 46.1 Å². The molecule has 0 aliphatic carbocycles. The summed E-state index contributed by atoms with van der Waals surface area (Å²) in [5.74, 6) is 5.95. The maximum atomic E-state index is 13.1. The molecule has 1 aliphatic heterocycles. The lowest BCUT2D eigenvalue weighted by atomic mass is 10.0. The molecule has 0 radical (unpaired) electrons. The third-order valence-corrected chi connectivity index (χ3v) is 5.30. The fourth-order valence-corrected chi connectivity index (χ4v) is 3.54. The van der Waals surface area contributed by atoms with E-state index in [0.717, 1.165) is 22.4 Å². The van der Waals surface area contributed by atoms with Crippen molar-refractivity contribution in [2.24, 2.45) is 0 Å². The Morgan fingerprint density at radius 2 is 1.46 bits per heavy atom. The molecule has 0 spiro atoms. The molecule has 184 valence electrons. The predicted molar refractivity (Wildman–Crippen MR) is 133 cm³/mol. The molecule has 2 aromatic carbocycles. The third-order valence-electron chi connectivity index (χ3n) is 5.30. The molecule has 0 saturated heterocycles. The molecule has 8 nitrogen and oxygen atoms in total. The molecule has 3 rings (SSSR count). The Morgan fingerprint density at radius 3 is 2.20 bits per heavy atom. The molecular formula is C27H31N3O5. The summed E-state index contributed by atoms with van der Waals surface area (Å²) in [5, 5.41) is 5.42. The van der Waals surface area contributed by atoms with Crippen LogP contribution in [0.1, 0.15) is 36.5 Å². The summed E-state index contributed by atoms with van der Waals surface area (Å²) in [4.78, 5) is 37.8. The van der Waals surface area contributed by atoms with Gasteiger partial charge in [0.1, 0.15) is 0 Å². The van der Waals surface area contributed by atoms with E-state index in [-0.39, 0.29) is 30.6 Å². The van der Waals surface area contributed by atoms with Crippen LogP contribution in [0.3, 0.4) is 0 Å². The smallest absolute Gasteiger partial charge is 0.227 e. The second kappa shape index (κ2) is 13.9. The molecule has 0 atom stereocenters. The molecule has 1 heterocycles. The first-order valence-electron chi connectivity index (χ1n) is 11.7. The molecule has 1 aliphatic rings. The minimum atomic E-state index is -0.200. The van der Waals surface area contributed by atoms with E-state index in [1.165, 1.54) is 6.92 Å². The molecule has 35 heavy (non-hydrogen) atoms. The lowest BCUT2D eigenvalue weighted by Gasteiger charge is -2.26. The maximum absolute atomic E-state index is 13.1. The van der Waals surface area contributed by atoms with Gasteiger partial charge in [-0.2, -0.15) is 0 Å². The number of amides is 3. The number of ether oxygens (including phenoxy) is 2. The Kier molecular flexibility index (Phi) is 10.3. The van der Waals surface area contributed by atoms with E-state index in [1.54, 1.807) is 4.90 Å². The van der Waals surface area contributed by atoms with E-state index in [4.69, 9.17) is 9.47 Å². The summed E-state index contributed by atoms with van der Waals surface area (Å²) in [6.45, 7) is 4.26. The molecular weight excluding hydrogens is 446 g/mol. The fourth-order valence-electron chi connectivity index (χ4n) is 3.54. The molecule has 0 unspecified atom stereocenters. The highest BCUT2D eigenvalue weighted by atomic mass is 16.5. The zero-order valence-electron chi connectivity index (χ0n) is 20.0. The van der Waals surface area contributed by atoms with Crippen molar-refractivity contribution in [1.82, 2.24) is 10.6 Å². The number of fused-ring (bicyclic) bond motifs is 2. The minimum Gasteiger partial charge on any atom is -0.377 e. The fraction of sp³-hybridized carbons (Fsp3) is 0.370. The molecule has 2 aromatic rings. The van der Waals surface area contributed by atoms with Gasteiger partial charge in [0.25, 0.3) is 0 Å². The second-order valence-corrected chi connectivity index (χ2v) is 7.96. The summed E-state index contributed by atoms with van der Waals surface area (Å²) in [6, 6.07) is 15.4. The lowest BCUT2D eigenvalue weighted by molar-refractivity contribution is -0.125. The van der Waals surface area contributed by atoms with Crippen molar-refractivity contribution < 1.29 is 23.9 Å². The van der Waals surface area contributed by atoms with Gasteiger partial charge in [-0.05, 0) is 23.8 Å². The van der Waals surface area contributed by atoms with Crippen molar-refractivity contribution in [3.8, 4) is 11.8 Å². The number of rotatable bonds is 12. The summed E-state index contributed by atoms with van der Waals surface area (Å²) in [6.07, 6.45) is 0.190. The lowest BCUT2D eigenvalue weighted by Crippen LogP contribution is -2.34. The van der Waals surface area contributed by atoms with Crippen LogP contribution in [0.5, 0.6) is 0 Å². The van der Waals surface area contributed by atoms with Gasteiger partial charge in [-0.25, -0.2) is 0 Å². The average Bonchev–Trinajstić information content (AvgIpc) is 2.85. The number of para-hydroxylation sites is 1. The number of carbonyl (C=O) groups is 3. The average molecular weight is 478 g/mol. The molecule has 8 heteroatoms. The quantitative estimate of drug-likeness (QED) is 0.360. The summed E-state index contributed by atoms with van der Waals surface area (Å²) in [5.41, 5.74) is 3.42. The molecule has 2 N–H and O–H groups in total. The topological polar surface area (TPSA) is 97.0 Å². The Labute approximate surface area is 206 Å². The van der Waals surface area contributed by atoms with Gasteiger partial charge < -0.3 is 25.0 Å². The largest absolute Gasteiger partial charge is 0.377 e. The monoisotopic (exact) mass is 477 g/mol. The van der Waals surface area contributed by atoms with Crippen LogP contribution in [0.25, 0.3) is 0 Å². The summed E-state index contributed by atoms with van der Waals surface area (Å²) >= 11 is 0. The Hall–Kier alpha value is -3.67. The van der Waals surface area contributed by atoms with Gasteiger partial charge in [-0.15, -0.1) is 0 Å². The highest BCUT2D eigenvalue weighted by Gasteiger charge is 2.21. The van der Waals surface area contributed by atoms with Crippen molar-refractivity contribution in [2.75, 3.05) is 44.4 Å². The van der Waals surface area contributed by atoms with Gasteiger partial charge in [-0.3, -0.25) is 14.4 Å². The van der Waals surface area contributed by atoms with Gasteiger partial charge in [0, 0.05) is 44.0 Å². The number of hydrogen-bond acceptors (Lipinski definition) is 5. The van der Waals surface area contributed by atoms with Crippen molar-refractivity contribution in [2.45, 2.75) is 26.3 Å². The SMILES string of the molecule is CC(=O)NCCOCCOCCNC(=O)CCC(=O)N1Cc2ccccc2C#Cc2ccccc21. The van der Waals surface area contributed by atoms with Crippen LogP contribution < -0.4 is 15.5 Å². The zero-order chi connectivity index (χ0) is 24.9. The number of nitrogens with zero attached hydrogens (tertiary/aromatic N) is 1. The van der Waals surface area contributed by atoms with Gasteiger partial charge in [-0.1, -0.05) is 42.2 Å². The predicted octanol–water partition coefficient (Wildman–Crippen LogP) is 2.00. The third kappa shape index (κ3) is 8.56. The molecule has 0 aromatic heterocycles. The number of hydrogen-bond donors (Lipinski definition) is 2. The van der Waals surface area contributed by atoms with Crippen LogP contribution in [0.2, 0.25) is 0 Å². The Morgan fingerprint density at radius 1 is 0.829 bits per heavy atom. The zero-order valence-corrected chi connectivity index (χ0v) is 20.0. The normalized spacial score (nSPS) is 11.7. The van der Waals surface area contributed by atoms with Crippen LogP contribution >= 0.6 is 0 Å². The molecule has 0 saturated carbocycles. The van der Waals surface area contributed by atoms with Crippen LogP contribution in [0.15, 0.2) is 48.5 Å². The van der Waals surface area contributed by atoms with Crippen LogP contribution in [-0.4, -0.2) is 57.2 Å². The Balaban J connectivity index is 1.40. The van der Waals surface area contributed by atoms with Gasteiger partial charge in [0.15, 0.2) is 0 Å². The van der Waals surface area contributed by atoms with Crippen molar-refractivity contribution in [3.05, 3.63) is 65.2 Å².